The summed E-state index contributed by atoms with van der Waals surface area (Å²) >= 11 is 0. The molecule has 2 aromatic heterocycles. The highest BCUT2D eigenvalue weighted by Crippen LogP contribution is 1.97. The Morgan fingerprint density at radius 2 is 2.26 bits per heavy atom. The Morgan fingerprint density at radius 3 is 2.84 bits per heavy atom. The molecule has 19 heavy (non-hydrogen) atoms. The fraction of sp³-hybridized carbons (Fsp3) is 0.273. The Kier molecular flexibility index (Phi) is 3.60. The molecule has 0 atom stereocenters. The van der Waals surface area contributed by atoms with Gasteiger partial charge in [0, 0.05) is 32.5 Å². The van der Waals surface area contributed by atoms with Crippen LogP contribution in [0.15, 0.2) is 24.8 Å². The van der Waals surface area contributed by atoms with Crippen molar-refractivity contribution >= 4 is 11.9 Å². The second-order valence-corrected chi connectivity index (χ2v) is 3.90. The highest BCUT2D eigenvalue weighted by Gasteiger charge is 2.09. The van der Waals surface area contributed by atoms with E-state index in [1.807, 2.05) is 0 Å². The van der Waals surface area contributed by atoms with Gasteiger partial charge in [-0.2, -0.15) is 5.10 Å². The van der Waals surface area contributed by atoms with Crippen LogP contribution in [0.5, 0.6) is 0 Å². The van der Waals surface area contributed by atoms with Crippen LogP contribution in [0.25, 0.3) is 0 Å². The number of hydrogen-bond donors (Lipinski definition) is 2. The zero-order valence-corrected chi connectivity index (χ0v) is 10.3. The number of imidazole rings is 1. The zero-order chi connectivity index (χ0) is 13.8. The molecule has 2 aromatic rings. The van der Waals surface area contributed by atoms with E-state index in [2.05, 4.69) is 15.4 Å². The quantitative estimate of drug-likeness (QED) is 0.774. The van der Waals surface area contributed by atoms with E-state index in [0.717, 1.165) is 0 Å². The van der Waals surface area contributed by atoms with Crippen molar-refractivity contribution in [2.75, 3.05) is 6.54 Å². The molecule has 0 saturated carbocycles. The Balaban J connectivity index is 1.85. The highest BCUT2D eigenvalue weighted by molar-refractivity contribution is 5.92. The van der Waals surface area contributed by atoms with E-state index < -0.39 is 5.97 Å². The summed E-state index contributed by atoms with van der Waals surface area (Å²) in [4.78, 5) is 26.1. The number of carbonyl (C=O) groups is 2. The van der Waals surface area contributed by atoms with E-state index in [-0.39, 0.29) is 11.6 Å². The Labute approximate surface area is 108 Å². The number of carboxylic acid groups (broad SMARTS) is 1. The smallest absolute Gasteiger partial charge is 0.356 e. The summed E-state index contributed by atoms with van der Waals surface area (Å²) in [5, 5.41) is 15.3. The van der Waals surface area contributed by atoms with Crippen LogP contribution in [0.2, 0.25) is 0 Å². The molecule has 2 rings (SSSR count). The maximum Gasteiger partial charge on any atom is 0.356 e. The van der Waals surface area contributed by atoms with Gasteiger partial charge in [-0.05, 0) is 6.07 Å². The van der Waals surface area contributed by atoms with E-state index in [0.29, 0.717) is 18.8 Å². The number of carboxylic acids is 1. The third kappa shape index (κ3) is 2.97. The first-order valence-electron chi connectivity index (χ1n) is 5.59. The van der Waals surface area contributed by atoms with Crippen molar-refractivity contribution in [2.45, 2.75) is 6.54 Å². The van der Waals surface area contributed by atoms with Crippen molar-refractivity contribution in [3.05, 3.63) is 36.2 Å². The molecular weight excluding hydrogens is 250 g/mol. The largest absolute Gasteiger partial charge is 0.476 e. The van der Waals surface area contributed by atoms with Gasteiger partial charge in [0.2, 0.25) is 0 Å². The van der Waals surface area contributed by atoms with E-state index in [1.165, 1.54) is 17.2 Å². The van der Waals surface area contributed by atoms with Crippen molar-refractivity contribution in [3.63, 3.8) is 0 Å². The first kappa shape index (κ1) is 12.8. The van der Waals surface area contributed by atoms with Gasteiger partial charge in [-0.3, -0.25) is 9.48 Å². The maximum atomic E-state index is 11.7. The predicted octanol–water partition coefficient (Wildman–Crippen LogP) is -0.255. The predicted molar refractivity (Wildman–Crippen MR) is 64.7 cm³/mol. The van der Waals surface area contributed by atoms with Crippen LogP contribution < -0.4 is 5.32 Å². The summed E-state index contributed by atoms with van der Waals surface area (Å²) in [5.74, 6) is -1.30. The number of nitrogens with zero attached hydrogens (tertiary/aromatic N) is 4. The highest BCUT2D eigenvalue weighted by atomic mass is 16.4. The van der Waals surface area contributed by atoms with Crippen molar-refractivity contribution in [2.24, 2.45) is 7.05 Å². The third-order valence-electron chi connectivity index (χ3n) is 2.56. The Hall–Kier alpha value is -2.64. The summed E-state index contributed by atoms with van der Waals surface area (Å²) < 4.78 is 3.09. The molecule has 2 heterocycles. The number of amides is 1. The topological polar surface area (TPSA) is 102 Å². The molecule has 0 bridgehead atoms. The lowest BCUT2D eigenvalue weighted by Gasteiger charge is -2.05. The van der Waals surface area contributed by atoms with Gasteiger partial charge in [-0.25, -0.2) is 9.78 Å². The standard InChI is InChI=1S/C11H13N5O3/c1-15-9(2-3-14-15)10(17)12-4-5-16-6-8(11(18)19)13-7-16/h2-3,6-7H,4-5H2,1H3,(H,12,17)(H,18,19). The van der Waals surface area contributed by atoms with Gasteiger partial charge in [0.25, 0.3) is 5.91 Å². The molecule has 8 heteroatoms. The number of hydrogen-bond acceptors (Lipinski definition) is 4. The fourth-order valence-electron chi connectivity index (χ4n) is 1.58. The molecule has 0 fully saturated rings. The third-order valence-corrected chi connectivity index (χ3v) is 2.56. The minimum atomic E-state index is -1.07. The van der Waals surface area contributed by atoms with Crippen molar-refractivity contribution < 1.29 is 14.7 Å². The SMILES string of the molecule is Cn1nccc1C(=O)NCCn1cnc(C(=O)O)c1. The van der Waals surface area contributed by atoms with Crippen LogP contribution in [0.4, 0.5) is 0 Å². The fourth-order valence-corrected chi connectivity index (χ4v) is 1.58. The van der Waals surface area contributed by atoms with Crippen molar-refractivity contribution in [3.8, 4) is 0 Å². The van der Waals surface area contributed by atoms with E-state index >= 15 is 0 Å². The summed E-state index contributed by atoms with van der Waals surface area (Å²) in [6.45, 7) is 0.823. The lowest BCUT2D eigenvalue weighted by Crippen LogP contribution is -2.28. The number of aromatic carboxylic acids is 1. The van der Waals surface area contributed by atoms with Crippen LogP contribution >= 0.6 is 0 Å². The normalized spacial score (nSPS) is 10.4. The molecule has 0 radical (unpaired) electrons. The van der Waals surface area contributed by atoms with Gasteiger partial charge in [0.05, 0.1) is 6.33 Å². The molecule has 0 spiro atoms. The van der Waals surface area contributed by atoms with Gasteiger partial charge in [0.1, 0.15) is 5.69 Å². The zero-order valence-electron chi connectivity index (χ0n) is 10.3. The van der Waals surface area contributed by atoms with Gasteiger partial charge in [-0.1, -0.05) is 0 Å². The Bertz CT molecular complexity index is 601. The summed E-state index contributed by atoms with van der Waals surface area (Å²) in [5.41, 5.74) is 0.454. The average Bonchev–Trinajstić information content (AvgIpc) is 2.97. The molecule has 0 unspecified atom stereocenters. The summed E-state index contributed by atoms with van der Waals surface area (Å²) in [6.07, 6.45) is 4.38. The number of carbonyl (C=O) groups excluding carboxylic acids is 1. The molecule has 2 N–H and O–H groups in total. The number of aryl methyl sites for hydroxylation is 1. The first-order chi connectivity index (χ1) is 9.08. The van der Waals surface area contributed by atoms with E-state index in [4.69, 9.17) is 5.11 Å². The molecule has 0 aliphatic carbocycles. The van der Waals surface area contributed by atoms with Gasteiger partial charge >= 0.3 is 5.97 Å². The minimum Gasteiger partial charge on any atom is -0.476 e. The van der Waals surface area contributed by atoms with Crippen molar-refractivity contribution in [1.82, 2.24) is 24.6 Å². The van der Waals surface area contributed by atoms with E-state index in [9.17, 15) is 9.59 Å². The molecule has 100 valence electrons. The number of aromatic nitrogens is 4. The minimum absolute atomic E-state index is 0.0158. The molecule has 0 aliphatic heterocycles. The second kappa shape index (κ2) is 5.34. The molecule has 1 amide bonds. The number of nitrogens with one attached hydrogen (secondary N) is 1. The lowest BCUT2D eigenvalue weighted by molar-refractivity contribution is 0.0690. The summed E-state index contributed by atoms with van der Waals surface area (Å²) in [7, 11) is 1.68. The second-order valence-electron chi connectivity index (χ2n) is 3.90. The molecule has 0 saturated heterocycles. The van der Waals surface area contributed by atoms with Crippen LogP contribution in [0, 0.1) is 0 Å². The molecular formula is C11H13N5O3. The summed E-state index contributed by atoms with van der Waals surface area (Å²) in [6, 6.07) is 1.62. The lowest BCUT2D eigenvalue weighted by atomic mass is 10.4. The van der Waals surface area contributed by atoms with Crippen LogP contribution in [0.3, 0.4) is 0 Å². The van der Waals surface area contributed by atoms with Gasteiger partial charge < -0.3 is 15.0 Å². The van der Waals surface area contributed by atoms with Gasteiger partial charge in [0.15, 0.2) is 5.69 Å². The van der Waals surface area contributed by atoms with E-state index in [1.54, 1.807) is 23.9 Å². The Morgan fingerprint density at radius 1 is 1.47 bits per heavy atom. The maximum absolute atomic E-state index is 11.7. The first-order valence-corrected chi connectivity index (χ1v) is 5.59. The molecule has 0 aromatic carbocycles. The van der Waals surface area contributed by atoms with Crippen LogP contribution in [-0.2, 0) is 13.6 Å². The van der Waals surface area contributed by atoms with Crippen molar-refractivity contribution in [1.29, 1.82) is 0 Å². The monoisotopic (exact) mass is 263 g/mol. The molecule has 0 aliphatic rings. The number of rotatable bonds is 5. The molecule has 8 nitrogen and oxygen atoms in total. The van der Waals surface area contributed by atoms with Gasteiger partial charge in [-0.15, -0.1) is 0 Å². The average molecular weight is 263 g/mol. The van der Waals surface area contributed by atoms with Crippen LogP contribution in [0.1, 0.15) is 21.0 Å². The van der Waals surface area contributed by atoms with Crippen LogP contribution in [-0.4, -0.2) is 42.9 Å².